The summed E-state index contributed by atoms with van der Waals surface area (Å²) in [6, 6.07) is -0.00940. The largest absolute Gasteiger partial charge is 0.444 e. The van der Waals surface area contributed by atoms with E-state index in [1.807, 2.05) is 34.6 Å². The molecule has 0 aromatic carbocycles. The quantitative estimate of drug-likeness (QED) is 0.785. The molecule has 15 heavy (non-hydrogen) atoms. The summed E-state index contributed by atoms with van der Waals surface area (Å²) in [4.78, 5) is 11.5. The zero-order chi connectivity index (χ0) is 12.1. The summed E-state index contributed by atoms with van der Waals surface area (Å²) in [5, 5.41) is 2.79. The van der Waals surface area contributed by atoms with Gasteiger partial charge in [-0.25, -0.2) is 4.79 Å². The van der Waals surface area contributed by atoms with E-state index in [2.05, 4.69) is 5.32 Å². The maximum atomic E-state index is 11.5. The molecule has 0 saturated carbocycles. The molecule has 4 heteroatoms. The first-order valence-electron chi connectivity index (χ1n) is 5.24. The van der Waals surface area contributed by atoms with Crippen LogP contribution in [0.1, 0.15) is 34.6 Å². The highest BCUT2D eigenvalue weighted by Gasteiger charge is 2.21. The van der Waals surface area contributed by atoms with Crippen LogP contribution in [0.3, 0.4) is 0 Å². The first-order chi connectivity index (χ1) is 6.76. The molecule has 0 aliphatic heterocycles. The number of rotatable bonds is 4. The SMILES string of the molecule is COC[C@@H](NC(=O)OC(C)(C)C)C(C)C. The molecule has 1 atom stereocenters. The first-order valence-corrected chi connectivity index (χ1v) is 5.24. The summed E-state index contributed by atoms with van der Waals surface area (Å²) < 4.78 is 10.2. The van der Waals surface area contributed by atoms with Crippen molar-refractivity contribution in [1.82, 2.24) is 5.32 Å². The number of carbonyl (C=O) groups excluding carboxylic acids is 1. The van der Waals surface area contributed by atoms with Crippen molar-refractivity contribution in [1.29, 1.82) is 0 Å². The lowest BCUT2D eigenvalue weighted by Gasteiger charge is -2.25. The number of amides is 1. The van der Waals surface area contributed by atoms with E-state index in [4.69, 9.17) is 9.47 Å². The molecule has 1 amide bonds. The molecule has 0 unspecified atom stereocenters. The van der Waals surface area contributed by atoms with Crippen molar-refractivity contribution in [3.8, 4) is 0 Å². The average Bonchev–Trinajstić information content (AvgIpc) is 1.99. The topological polar surface area (TPSA) is 47.6 Å². The van der Waals surface area contributed by atoms with E-state index in [-0.39, 0.29) is 6.04 Å². The normalized spacial score (nSPS) is 13.8. The van der Waals surface area contributed by atoms with Crippen molar-refractivity contribution in [3.05, 3.63) is 0 Å². The molecule has 0 fully saturated rings. The molecule has 0 rings (SSSR count). The molecule has 0 radical (unpaired) electrons. The van der Waals surface area contributed by atoms with Gasteiger partial charge in [-0.3, -0.25) is 0 Å². The second kappa shape index (κ2) is 5.95. The molecule has 0 bridgehead atoms. The number of methoxy groups -OCH3 is 1. The van der Waals surface area contributed by atoms with Crippen molar-refractivity contribution in [3.63, 3.8) is 0 Å². The van der Waals surface area contributed by atoms with Gasteiger partial charge >= 0.3 is 6.09 Å². The van der Waals surface area contributed by atoms with Crippen molar-refractivity contribution in [2.24, 2.45) is 5.92 Å². The summed E-state index contributed by atoms with van der Waals surface area (Å²) in [6.07, 6.45) is -0.391. The predicted molar refractivity (Wildman–Crippen MR) is 59.9 cm³/mol. The van der Waals surface area contributed by atoms with Crippen LogP contribution in [0.15, 0.2) is 0 Å². The number of nitrogens with one attached hydrogen (secondary N) is 1. The molecule has 0 aromatic rings. The highest BCUT2D eigenvalue weighted by molar-refractivity contribution is 5.68. The third kappa shape index (κ3) is 7.19. The molecule has 0 aliphatic carbocycles. The standard InChI is InChI=1S/C11H23NO3/c1-8(2)9(7-14-6)12-10(13)15-11(3,4)5/h8-9H,7H2,1-6H3,(H,12,13)/t9-/m1/s1. The zero-order valence-electron chi connectivity index (χ0n) is 10.6. The Morgan fingerprint density at radius 1 is 1.33 bits per heavy atom. The number of ether oxygens (including phenoxy) is 2. The van der Waals surface area contributed by atoms with Crippen LogP contribution in [0.4, 0.5) is 4.79 Å². The van der Waals surface area contributed by atoms with Crippen molar-refractivity contribution in [2.75, 3.05) is 13.7 Å². The smallest absolute Gasteiger partial charge is 0.407 e. The fourth-order valence-electron chi connectivity index (χ4n) is 1.04. The molecule has 0 saturated heterocycles. The van der Waals surface area contributed by atoms with Gasteiger partial charge in [0.1, 0.15) is 5.60 Å². The minimum Gasteiger partial charge on any atom is -0.444 e. The Morgan fingerprint density at radius 3 is 2.20 bits per heavy atom. The summed E-state index contributed by atoms with van der Waals surface area (Å²) >= 11 is 0. The second-order valence-corrected chi connectivity index (χ2v) is 4.95. The lowest BCUT2D eigenvalue weighted by Crippen LogP contribution is -2.44. The second-order valence-electron chi connectivity index (χ2n) is 4.95. The van der Waals surface area contributed by atoms with Crippen LogP contribution < -0.4 is 5.32 Å². The van der Waals surface area contributed by atoms with E-state index in [9.17, 15) is 4.79 Å². The van der Waals surface area contributed by atoms with Crippen LogP contribution in [0.25, 0.3) is 0 Å². The Hall–Kier alpha value is -0.770. The van der Waals surface area contributed by atoms with Gasteiger partial charge < -0.3 is 14.8 Å². The van der Waals surface area contributed by atoms with Gasteiger partial charge in [-0.2, -0.15) is 0 Å². The Balaban J connectivity index is 4.11. The van der Waals surface area contributed by atoms with Crippen LogP contribution in [0.5, 0.6) is 0 Å². The van der Waals surface area contributed by atoms with Gasteiger partial charge in [0.2, 0.25) is 0 Å². The van der Waals surface area contributed by atoms with Gasteiger partial charge in [0.25, 0.3) is 0 Å². The van der Waals surface area contributed by atoms with Crippen LogP contribution in [0, 0.1) is 5.92 Å². The van der Waals surface area contributed by atoms with Gasteiger partial charge in [-0.05, 0) is 26.7 Å². The van der Waals surface area contributed by atoms with Crippen LogP contribution in [-0.2, 0) is 9.47 Å². The lowest BCUT2D eigenvalue weighted by atomic mass is 10.1. The fourth-order valence-corrected chi connectivity index (χ4v) is 1.04. The predicted octanol–water partition coefficient (Wildman–Crippen LogP) is 2.18. The van der Waals surface area contributed by atoms with E-state index in [0.29, 0.717) is 12.5 Å². The van der Waals surface area contributed by atoms with Crippen LogP contribution >= 0.6 is 0 Å². The summed E-state index contributed by atoms with van der Waals surface area (Å²) in [5.74, 6) is 0.317. The van der Waals surface area contributed by atoms with Crippen molar-refractivity contribution < 1.29 is 14.3 Å². The average molecular weight is 217 g/mol. The fraction of sp³-hybridized carbons (Fsp3) is 0.909. The van der Waals surface area contributed by atoms with Gasteiger partial charge in [0.15, 0.2) is 0 Å². The van der Waals surface area contributed by atoms with E-state index in [1.54, 1.807) is 7.11 Å². The molecular formula is C11H23NO3. The molecule has 0 aliphatic rings. The Kier molecular flexibility index (Phi) is 5.65. The monoisotopic (exact) mass is 217 g/mol. The van der Waals surface area contributed by atoms with Gasteiger partial charge in [-0.15, -0.1) is 0 Å². The number of hydrogen-bond acceptors (Lipinski definition) is 3. The van der Waals surface area contributed by atoms with Crippen molar-refractivity contribution >= 4 is 6.09 Å². The summed E-state index contributed by atoms with van der Waals surface area (Å²) in [7, 11) is 1.62. The maximum absolute atomic E-state index is 11.5. The zero-order valence-corrected chi connectivity index (χ0v) is 10.6. The van der Waals surface area contributed by atoms with Crippen molar-refractivity contribution in [2.45, 2.75) is 46.3 Å². The van der Waals surface area contributed by atoms with E-state index < -0.39 is 11.7 Å². The van der Waals surface area contributed by atoms with Gasteiger partial charge in [0, 0.05) is 7.11 Å². The van der Waals surface area contributed by atoms with Gasteiger partial charge in [0.05, 0.1) is 12.6 Å². The Morgan fingerprint density at radius 2 is 1.87 bits per heavy atom. The lowest BCUT2D eigenvalue weighted by molar-refractivity contribution is 0.0443. The molecule has 0 aromatic heterocycles. The number of hydrogen-bond donors (Lipinski definition) is 1. The molecule has 90 valence electrons. The first kappa shape index (κ1) is 14.2. The highest BCUT2D eigenvalue weighted by Crippen LogP contribution is 2.08. The number of carbonyl (C=O) groups is 1. The molecule has 0 heterocycles. The van der Waals surface area contributed by atoms with E-state index in [1.165, 1.54) is 0 Å². The Labute approximate surface area is 92.3 Å². The highest BCUT2D eigenvalue weighted by atomic mass is 16.6. The van der Waals surface area contributed by atoms with Gasteiger partial charge in [-0.1, -0.05) is 13.8 Å². The molecule has 1 N–H and O–H groups in total. The minimum atomic E-state index is -0.460. The summed E-state index contributed by atoms with van der Waals surface area (Å²) in [6.45, 7) is 10.1. The van der Waals surface area contributed by atoms with E-state index >= 15 is 0 Å². The molecule has 4 nitrogen and oxygen atoms in total. The number of alkyl carbamates (subject to hydrolysis) is 1. The van der Waals surface area contributed by atoms with Crippen LogP contribution in [0.2, 0.25) is 0 Å². The molecular weight excluding hydrogens is 194 g/mol. The minimum absolute atomic E-state index is 0.00940. The third-order valence-corrected chi connectivity index (χ3v) is 1.85. The van der Waals surface area contributed by atoms with E-state index in [0.717, 1.165) is 0 Å². The summed E-state index contributed by atoms with van der Waals surface area (Å²) in [5.41, 5.74) is -0.460. The van der Waals surface area contributed by atoms with Crippen LogP contribution in [-0.4, -0.2) is 31.5 Å². The maximum Gasteiger partial charge on any atom is 0.407 e. The Bertz CT molecular complexity index is 196. The molecule has 0 spiro atoms. The third-order valence-electron chi connectivity index (χ3n) is 1.85.